The Morgan fingerprint density at radius 2 is 2.06 bits per heavy atom. The van der Waals surface area contributed by atoms with Crippen molar-refractivity contribution in [3.63, 3.8) is 0 Å². The van der Waals surface area contributed by atoms with Gasteiger partial charge in [0.15, 0.2) is 0 Å². The summed E-state index contributed by atoms with van der Waals surface area (Å²) < 4.78 is 23.6. The lowest BCUT2D eigenvalue weighted by molar-refractivity contribution is 0.600. The van der Waals surface area contributed by atoms with Crippen LogP contribution in [0.2, 0.25) is 0 Å². The molecular weight excluding hydrogens is 310 g/mol. The highest BCUT2D eigenvalue weighted by Crippen LogP contribution is 2.29. The molecule has 0 saturated carbocycles. The van der Waals surface area contributed by atoms with Gasteiger partial charge >= 0.3 is 0 Å². The molecule has 0 radical (unpaired) electrons. The molecule has 1 aromatic heterocycles. The van der Waals surface area contributed by atoms with Crippen LogP contribution in [0, 0.1) is 0 Å². The maximum atomic E-state index is 11.2. The van der Waals surface area contributed by atoms with Crippen LogP contribution in [0.15, 0.2) is 28.5 Å². The first-order valence-electron chi connectivity index (χ1n) is 4.62. The van der Waals surface area contributed by atoms with Crippen molar-refractivity contribution in [1.82, 2.24) is 0 Å². The zero-order chi connectivity index (χ0) is 11.8. The number of sulfonamides is 1. The van der Waals surface area contributed by atoms with Crippen LogP contribution in [-0.4, -0.2) is 13.7 Å². The first-order valence-corrected chi connectivity index (χ1v) is 8.10. The predicted molar refractivity (Wildman–Crippen MR) is 70.7 cm³/mol. The highest BCUT2D eigenvalue weighted by molar-refractivity contribution is 9.09. The molecule has 1 aromatic carbocycles. The Morgan fingerprint density at radius 3 is 2.69 bits per heavy atom. The second-order valence-electron chi connectivity index (χ2n) is 3.42. The van der Waals surface area contributed by atoms with E-state index >= 15 is 0 Å². The minimum Gasteiger partial charge on any atom is -0.224 e. The summed E-state index contributed by atoms with van der Waals surface area (Å²) in [5.41, 5.74) is 1.18. The molecular formula is C10H10BrNO2S2. The van der Waals surface area contributed by atoms with E-state index < -0.39 is 10.0 Å². The van der Waals surface area contributed by atoms with Crippen molar-refractivity contribution >= 4 is 47.4 Å². The maximum absolute atomic E-state index is 11.2. The van der Waals surface area contributed by atoms with Gasteiger partial charge < -0.3 is 0 Å². The third-order valence-electron chi connectivity index (χ3n) is 2.22. The zero-order valence-corrected chi connectivity index (χ0v) is 11.5. The van der Waals surface area contributed by atoms with Crippen LogP contribution in [0.4, 0.5) is 0 Å². The number of rotatable bonds is 3. The van der Waals surface area contributed by atoms with Crippen LogP contribution < -0.4 is 5.14 Å². The predicted octanol–water partition coefficient (Wildman–Crippen LogP) is 2.49. The lowest BCUT2D eigenvalue weighted by atomic mass is 10.1. The third kappa shape index (κ3) is 2.45. The van der Waals surface area contributed by atoms with Crippen LogP contribution >= 0.6 is 27.3 Å². The van der Waals surface area contributed by atoms with Crippen LogP contribution in [0.3, 0.4) is 0 Å². The first kappa shape index (κ1) is 12.0. The fourth-order valence-electron chi connectivity index (χ4n) is 1.47. The molecule has 86 valence electrons. The molecule has 0 atom stereocenters. The van der Waals surface area contributed by atoms with Crippen molar-refractivity contribution < 1.29 is 8.42 Å². The summed E-state index contributed by atoms with van der Waals surface area (Å²) >= 11 is 4.58. The molecule has 2 rings (SSSR count). The number of alkyl halides is 1. The summed E-state index contributed by atoms with van der Waals surface area (Å²) in [7, 11) is -3.58. The number of benzene rings is 1. The van der Waals surface area contributed by atoms with E-state index in [4.69, 9.17) is 5.14 Å². The Balaban J connectivity index is 2.54. The summed E-state index contributed by atoms with van der Waals surface area (Å²) in [6.07, 6.45) is 0.927. The lowest BCUT2D eigenvalue weighted by Gasteiger charge is -1.96. The highest BCUT2D eigenvalue weighted by atomic mass is 79.9. The Morgan fingerprint density at radius 1 is 1.31 bits per heavy atom. The van der Waals surface area contributed by atoms with Gasteiger partial charge in [-0.15, -0.1) is 11.3 Å². The summed E-state index contributed by atoms with van der Waals surface area (Å²) in [5.74, 6) is 0. The largest absolute Gasteiger partial charge is 0.247 e. The first-order chi connectivity index (χ1) is 7.50. The van der Waals surface area contributed by atoms with Crippen LogP contribution in [0.5, 0.6) is 0 Å². The SMILES string of the molecule is NS(=O)(=O)c1cc2cc(CCBr)ccc2s1. The van der Waals surface area contributed by atoms with Crippen molar-refractivity contribution in [2.45, 2.75) is 10.6 Å². The summed E-state index contributed by atoms with van der Waals surface area (Å²) in [6.45, 7) is 0. The molecule has 0 aliphatic heterocycles. The Hall–Kier alpha value is -0.430. The Bertz CT molecular complexity index is 619. The van der Waals surface area contributed by atoms with Crippen molar-refractivity contribution in [3.05, 3.63) is 29.8 Å². The van der Waals surface area contributed by atoms with Crippen molar-refractivity contribution in [2.75, 3.05) is 5.33 Å². The molecule has 16 heavy (non-hydrogen) atoms. The van der Waals surface area contributed by atoms with E-state index in [1.807, 2.05) is 18.2 Å². The van der Waals surface area contributed by atoms with Crippen molar-refractivity contribution in [3.8, 4) is 0 Å². The van der Waals surface area contributed by atoms with E-state index in [-0.39, 0.29) is 4.21 Å². The number of primary sulfonamides is 1. The molecule has 0 amide bonds. The van der Waals surface area contributed by atoms with Gasteiger partial charge in [-0.3, -0.25) is 0 Å². The fourth-order valence-corrected chi connectivity index (χ4v) is 3.73. The van der Waals surface area contributed by atoms with Crippen molar-refractivity contribution in [2.24, 2.45) is 5.14 Å². The van der Waals surface area contributed by atoms with E-state index in [9.17, 15) is 8.42 Å². The second kappa shape index (κ2) is 4.44. The van der Waals surface area contributed by atoms with Gasteiger partial charge in [-0.2, -0.15) is 0 Å². The summed E-state index contributed by atoms with van der Waals surface area (Å²) in [5, 5.41) is 6.92. The number of halogens is 1. The molecule has 6 heteroatoms. The van der Waals surface area contributed by atoms with E-state index in [1.165, 1.54) is 16.9 Å². The van der Waals surface area contributed by atoms with Crippen LogP contribution in [-0.2, 0) is 16.4 Å². The molecule has 2 N–H and O–H groups in total. The molecule has 0 bridgehead atoms. The average molecular weight is 320 g/mol. The minimum atomic E-state index is -3.58. The molecule has 0 unspecified atom stereocenters. The topological polar surface area (TPSA) is 60.2 Å². The molecule has 1 heterocycles. The van der Waals surface area contributed by atoms with Crippen molar-refractivity contribution in [1.29, 1.82) is 0 Å². The summed E-state index contributed by atoms with van der Waals surface area (Å²) in [6, 6.07) is 7.58. The fraction of sp³-hybridized carbons (Fsp3) is 0.200. The van der Waals surface area contributed by atoms with Gasteiger partial charge in [0.25, 0.3) is 0 Å². The molecule has 0 saturated heterocycles. The van der Waals surface area contributed by atoms with Gasteiger partial charge in [0, 0.05) is 10.0 Å². The maximum Gasteiger partial charge on any atom is 0.247 e. The second-order valence-corrected chi connectivity index (χ2v) is 7.09. The minimum absolute atomic E-state index is 0.221. The molecule has 2 aromatic rings. The number of thiophene rings is 1. The van der Waals surface area contributed by atoms with E-state index in [2.05, 4.69) is 15.9 Å². The third-order valence-corrected chi connectivity index (χ3v) is 5.15. The number of aryl methyl sites for hydroxylation is 1. The van der Waals surface area contributed by atoms with E-state index in [1.54, 1.807) is 6.07 Å². The molecule has 0 aliphatic rings. The zero-order valence-electron chi connectivity index (χ0n) is 8.31. The van der Waals surface area contributed by atoms with Crippen LogP contribution in [0.25, 0.3) is 10.1 Å². The Labute approximate surface area is 106 Å². The number of nitrogens with two attached hydrogens (primary N) is 1. The van der Waals surface area contributed by atoms with E-state index in [0.29, 0.717) is 0 Å². The number of fused-ring (bicyclic) bond motifs is 1. The standard InChI is InChI=1S/C10H10BrNO2S2/c11-4-3-7-1-2-9-8(5-7)6-10(15-9)16(12,13)14/h1-2,5-6H,3-4H2,(H2,12,13,14). The van der Waals surface area contributed by atoms with Gasteiger partial charge in [-0.1, -0.05) is 28.1 Å². The van der Waals surface area contributed by atoms with Gasteiger partial charge in [0.1, 0.15) is 4.21 Å². The van der Waals surface area contributed by atoms with Gasteiger partial charge in [-0.05, 0) is 29.5 Å². The smallest absolute Gasteiger partial charge is 0.224 e. The average Bonchev–Trinajstić information content (AvgIpc) is 2.60. The Kier molecular flexibility index (Phi) is 3.34. The lowest BCUT2D eigenvalue weighted by Crippen LogP contribution is -2.09. The monoisotopic (exact) mass is 319 g/mol. The molecule has 0 aliphatic carbocycles. The molecule has 0 spiro atoms. The molecule has 0 fully saturated rings. The van der Waals surface area contributed by atoms with Gasteiger partial charge in [0.2, 0.25) is 10.0 Å². The normalized spacial score (nSPS) is 12.1. The van der Waals surface area contributed by atoms with Crippen LogP contribution in [0.1, 0.15) is 5.56 Å². The quantitative estimate of drug-likeness (QED) is 0.883. The highest BCUT2D eigenvalue weighted by Gasteiger charge is 2.12. The molecule has 3 nitrogen and oxygen atoms in total. The van der Waals surface area contributed by atoms with E-state index in [0.717, 1.165) is 21.8 Å². The summed E-state index contributed by atoms with van der Waals surface area (Å²) in [4.78, 5) is 0. The van der Waals surface area contributed by atoms with Gasteiger partial charge in [0.05, 0.1) is 0 Å². The number of hydrogen-bond acceptors (Lipinski definition) is 3. The van der Waals surface area contributed by atoms with Gasteiger partial charge in [-0.25, -0.2) is 13.6 Å². The number of hydrogen-bond donors (Lipinski definition) is 1.